The molecule has 2 aromatic rings. The largest absolute Gasteiger partial charge is 0.507 e. The number of carbonyl (C=O) groups excluding carboxylic acids is 1. The minimum atomic E-state index is -1.24. The molecule has 23 heavy (non-hydrogen) atoms. The van der Waals surface area contributed by atoms with Gasteiger partial charge in [0, 0.05) is 11.8 Å². The summed E-state index contributed by atoms with van der Waals surface area (Å²) in [5, 5.41) is 18.4. The van der Waals surface area contributed by atoms with E-state index >= 15 is 0 Å². The van der Waals surface area contributed by atoms with Gasteiger partial charge in [-0.15, -0.1) is 11.8 Å². The highest BCUT2D eigenvalue weighted by Crippen LogP contribution is 2.42. The van der Waals surface area contributed by atoms with Gasteiger partial charge in [0.1, 0.15) is 22.5 Å². The Kier molecular flexibility index (Phi) is 3.96. The molecule has 1 fully saturated rings. The number of anilines is 1. The summed E-state index contributed by atoms with van der Waals surface area (Å²) in [4.78, 5) is 24.6. The number of carboxylic acid groups (broad SMARTS) is 1. The van der Waals surface area contributed by atoms with Crippen LogP contribution in [0.15, 0.2) is 42.5 Å². The first-order valence-electron chi connectivity index (χ1n) is 6.73. The number of halogens is 1. The van der Waals surface area contributed by atoms with Gasteiger partial charge in [0.15, 0.2) is 0 Å². The second-order valence-electron chi connectivity index (χ2n) is 4.99. The van der Waals surface area contributed by atoms with Crippen LogP contribution in [0.1, 0.15) is 21.3 Å². The zero-order chi connectivity index (χ0) is 16.6. The predicted octanol–water partition coefficient (Wildman–Crippen LogP) is 3.01. The Morgan fingerprint density at radius 2 is 1.91 bits per heavy atom. The normalized spacial score (nSPS) is 17.5. The molecule has 1 aliphatic rings. The maximum Gasteiger partial charge on any atom is 0.339 e. The quantitative estimate of drug-likeness (QED) is 0.903. The third-order valence-electron chi connectivity index (χ3n) is 3.51. The number of benzene rings is 2. The maximum absolute atomic E-state index is 13.1. The van der Waals surface area contributed by atoms with Crippen molar-refractivity contribution in [2.45, 2.75) is 5.37 Å². The van der Waals surface area contributed by atoms with Crippen molar-refractivity contribution in [3.05, 3.63) is 59.4 Å². The summed E-state index contributed by atoms with van der Waals surface area (Å²) in [6.45, 7) is 0. The lowest BCUT2D eigenvalue weighted by molar-refractivity contribution is -0.115. The molecule has 0 saturated carbocycles. The third-order valence-corrected chi connectivity index (χ3v) is 4.73. The number of hydrogen-bond acceptors (Lipinski definition) is 4. The molecular weight excluding hydrogens is 321 g/mol. The van der Waals surface area contributed by atoms with Crippen molar-refractivity contribution < 1.29 is 24.2 Å². The summed E-state index contributed by atoms with van der Waals surface area (Å²) >= 11 is 1.38. The molecule has 3 rings (SSSR count). The molecule has 1 atom stereocenters. The van der Waals surface area contributed by atoms with Crippen LogP contribution < -0.4 is 4.90 Å². The topological polar surface area (TPSA) is 77.8 Å². The fraction of sp³-hybridized carbons (Fsp3) is 0.125. The van der Waals surface area contributed by atoms with Gasteiger partial charge in [0.2, 0.25) is 5.91 Å². The van der Waals surface area contributed by atoms with E-state index < -0.39 is 11.7 Å². The number of nitrogens with zero attached hydrogens (tertiary/aromatic N) is 1. The van der Waals surface area contributed by atoms with Crippen LogP contribution in [0, 0.1) is 5.82 Å². The van der Waals surface area contributed by atoms with Crippen LogP contribution in [-0.4, -0.2) is 27.8 Å². The average Bonchev–Trinajstić information content (AvgIpc) is 2.89. The van der Waals surface area contributed by atoms with E-state index in [4.69, 9.17) is 5.11 Å². The highest BCUT2D eigenvalue weighted by atomic mass is 32.2. The van der Waals surface area contributed by atoms with E-state index in [0.29, 0.717) is 5.69 Å². The number of carbonyl (C=O) groups is 2. The van der Waals surface area contributed by atoms with Crippen molar-refractivity contribution in [2.75, 3.05) is 10.7 Å². The molecule has 7 heteroatoms. The fourth-order valence-electron chi connectivity index (χ4n) is 2.43. The lowest BCUT2D eigenvalue weighted by Gasteiger charge is -2.24. The Labute approximate surface area is 135 Å². The van der Waals surface area contributed by atoms with Gasteiger partial charge in [-0.25, -0.2) is 9.18 Å². The second-order valence-corrected chi connectivity index (χ2v) is 6.05. The summed E-state index contributed by atoms with van der Waals surface area (Å²) in [6, 6.07) is 9.83. The third kappa shape index (κ3) is 2.87. The molecule has 2 aromatic carbocycles. The van der Waals surface area contributed by atoms with Gasteiger partial charge in [-0.1, -0.05) is 12.1 Å². The predicted molar refractivity (Wildman–Crippen MR) is 84.2 cm³/mol. The molecule has 2 N–H and O–H groups in total. The number of hydrogen-bond donors (Lipinski definition) is 2. The molecular formula is C16H12FNO4S. The molecule has 1 heterocycles. The molecule has 0 bridgehead atoms. The van der Waals surface area contributed by atoms with Crippen LogP contribution in [-0.2, 0) is 4.79 Å². The van der Waals surface area contributed by atoms with E-state index in [-0.39, 0.29) is 28.4 Å². The van der Waals surface area contributed by atoms with Crippen molar-refractivity contribution in [1.82, 2.24) is 0 Å². The number of thioether (sulfide) groups is 1. The van der Waals surface area contributed by atoms with Crippen molar-refractivity contribution >= 4 is 29.3 Å². The summed E-state index contributed by atoms with van der Waals surface area (Å²) in [5.41, 5.74) is 0.923. The van der Waals surface area contributed by atoms with Crippen LogP contribution in [0.3, 0.4) is 0 Å². The monoisotopic (exact) mass is 333 g/mol. The van der Waals surface area contributed by atoms with Crippen molar-refractivity contribution in [3.8, 4) is 5.75 Å². The van der Waals surface area contributed by atoms with E-state index in [1.54, 1.807) is 12.1 Å². The Balaban J connectivity index is 1.98. The highest BCUT2D eigenvalue weighted by molar-refractivity contribution is 8.00. The molecule has 5 nitrogen and oxygen atoms in total. The minimum absolute atomic E-state index is 0.160. The van der Waals surface area contributed by atoms with Gasteiger partial charge in [-0.05, 0) is 29.8 Å². The van der Waals surface area contributed by atoms with Crippen LogP contribution in [0.25, 0.3) is 0 Å². The first-order valence-corrected chi connectivity index (χ1v) is 7.77. The highest BCUT2D eigenvalue weighted by Gasteiger charge is 2.34. The van der Waals surface area contributed by atoms with Crippen molar-refractivity contribution in [1.29, 1.82) is 0 Å². The zero-order valence-corrected chi connectivity index (χ0v) is 12.6. The van der Waals surface area contributed by atoms with Gasteiger partial charge in [0.25, 0.3) is 0 Å². The Bertz CT molecular complexity index is 778. The smallest absolute Gasteiger partial charge is 0.339 e. The van der Waals surface area contributed by atoms with Crippen molar-refractivity contribution in [2.24, 2.45) is 0 Å². The molecule has 0 aliphatic carbocycles. The lowest BCUT2D eigenvalue weighted by atomic mass is 10.1. The number of aromatic carboxylic acids is 1. The van der Waals surface area contributed by atoms with Gasteiger partial charge in [0.05, 0.1) is 5.75 Å². The van der Waals surface area contributed by atoms with Gasteiger partial charge >= 0.3 is 5.97 Å². The lowest BCUT2D eigenvalue weighted by Crippen LogP contribution is -2.27. The van der Waals surface area contributed by atoms with Crippen molar-refractivity contribution in [3.63, 3.8) is 0 Å². The molecule has 0 aromatic heterocycles. The van der Waals surface area contributed by atoms with E-state index in [0.717, 1.165) is 5.56 Å². The number of rotatable bonds is 3. The van der Waals surface area contributed by atoms with E-state index in [2.05, 4.69) is 0 Å². The zero-order valence-electron chi connectivity index (χ0n) is 11.8. The SMILES string of the molecule is O=C(O)c1ccc(N2C(=O)CSC2c2ccc(F)cc2)cc1O. The summed E-state index contributed by atoms with van der Waals surface area (Å²) in [6.07, 6.45) is 0. The molecule has 1 amide bonds. The van der Waals surface area contributed by atoms with Crippen LogP contribution >= 0.6 is 11.8 Å². The van der Waals surface area contributed by atoms with Crippen LogP contribution in [0.2, 0.25) is 0 Å². The number of amides is 1. The van der Waals surface area contributed by atoms with E-state index in [9.17, 15) is 19.1 Å². The molecule has 1 aliphatic heterocycles. The molecule has 0 radical (unpaired) electrons. The molecule has 0 spiro atoms. The van der Waals surface area contributed by atoms with Gasteiger partial charge in [-0.3, -0.25) is 9.69 Å². The second kappa shape index (κ2) is 5.92. The molecule has 1 unspecified atom stereocenters. The Hall–Kier alpha value is -2.54. The fourth-order valence-corrected chi connectivity index (χ4v) is 3.61. The Morgan fingerprint density at radius 3 is 2.52 bits per heavy atom. The first kappa shape index (κ1) is 15.4. The summed E-state index contributed by atoms with van der Waals surface area (Å²) < 4.78 is 13.1. The number of carboxylic acids is 1. The van der Waals surface area contributed by atoms with Crippen LogP contribution in [0.5, 0.6) is 5.75 Å². The standard InChI is InChI=1S/C16H12FNO4S/c17-10-3-1-9(2-4-10)15-18(14(20)8-23-15)11-5-6-12(16(21)22)13(19)7-11/h1-7,15,19H,8H2,(H,21,22). The first-order chi connectivity index (χ1) is 11.0. The average molecular weight is 333 g/mol. The van der Waals surface area contributed by atoms with E-state index in [1.807, 2.05) is 0 Å². The minimum Gasteiger partial charge on any atom is -0.507 e. The van der Waals surface area contributed by atoms with E-state index in [1.165, 1.54) is 47.0 Å². The van der Waals surface area contributed by atoms with Crippen LogP contribution in [0.4, 0.5) is 10.1 Å². The number of phenols is 1. The number of aromatic hydroxyl groups is 1. The maximum atomic E-state index is 13.1. The molecule has 118 valence electrons. The Morgan fingerprint density at radius 1 is 1.22 bits per heavy atom. The summed E-state index contributed by atoms with van der Waals surface area (Å²) in [7, 11) is 0. The van der Waals surface area contributed by atoms with Gasteiger partial charge < -0.3 is 10.2 Å². The van der Waals surface area contributed by atoms with Gasteiger partial charge in [-0.2, -0.15) is 0 Å². The summed E-state index contributed by atoms with van der Waals surface area (Å²) in [5.74, 6) is -1.92. The molecule has 1 saturated heterocycles.